The third-order valence-corrected chi connectivity index (χ3v) is 2.65. The summed E-state index contributed by atoms with van der Waals surface area (Å²) in [6.45, 7) is 2.11. The monoisotopic (exact) mass is 250 g/mol. The Kier molecular flexibility index (Phi) is 2.68. The molecule has 2 rings (SSSR count). The van der Waals surface area contributed by atoms with Crippen LogP contribution in [0.25, 0.3) is 5.69 Å². The summed E-state index contributed by atoms with van der Waals surface area (Å²) in [5, 5.41) is 4.17. The number of hydrogen-bond donors (Lipinski definition) is 0. The van der Waals surface area contributed by atoms with Gasteiger partial charge in [0.15, 0.2) is 0 Å². The third kappa shape index (κ3) is 1.87. The summed E-state index contributed by atoms with van der Waals surface area (Å²) in [5.41, 5.74) is 2.37. The second kappa shape index (κ2) is 3.96. The van der Waals surface area contributed by atoms with Gasteiger partial charge in [0.2, 0.25) is 0 Å². The lowest BCUT2D eigenvalue weighted by molar-refractivity contribution is 0.879. The Labute approximate surface area is 91.7 Å². The number of halogens is 1. The average molecular weight is 251 g/mol. The van der Waals surface area contributed by atoms with E-state index in [0.717, 1.165) is 5.69 Å². The van der Waals surface area contributed by atoms with Crippen molar-refractivity contribution in [3.8, 4) is 5.69 Å². The third-order valence-electron chi connectivity index (χ3n) is 2.12. The first-order chi connectivity index (χ1) is 6.77. The molecule has 3 heteroatoms. The normalized spacial score (nSPS) is 12.7. The largest absolute Gasteiger partial charge is 0.241 e. The van der Waals surface area contributed by atoms with Gasteiger partial charge < -0.3 is 0 Å². The van der Waals surface area contributed by atoms with Gasteiger partial charge in [-0.25, -0.2) is 4.68 Å². The van der Waals surface area contributed by atoms with E-state index in [9.17, 15) is 0 Å². The summed E-state index contributed by atoms with van der Waals surface area (Å²) < 4.78 is 1.85. The Morgan fingerprint density at radius 1 is 1.29 bits per heavy atom. The van der Waals surface area contributed by atoms with Crippen molar-refractivity contribution in [3.63, 3.8) is 0 Å². The van der Waals surface area contributed by atoms with Crippen molar-refractivity contribution < 1.29 is 0 Å². The summed E-state index contributed by atoms with van der Waals surface area (Å²) in [6, 6.07) is 10.3. The molecule has 0 N–H and O–H groups in total. The average Bonchev–Trinajstić information content (AvgIpc) is 2.71. The lowest BCUT2D eigenvalue weighted by Gasteiger charge is -2.05. The quantitative estimate of drug-likeness (QED) is 0.748. The van der Waals surface area contributed by atoms with Crippen molar-refractivity contribution in [3.05, 3.63) is 48.3 Å². The molecule has 1 aromatic carbocycles. The molecule has 0 saturated carbocycles. The molecule has 0 aliphatic rings. The number of benzene rings is 1. The Balaban J connectivity index is 2.31. The van der Waals surface area contributed by atoms with Crippen LogP contribution in [0, 0.1) is 0 Å². The Morgan fingerprint density at radius 2 is 2.00 bits per heavy atom. The molecule has 72 valence electrons. The van der Waals surface area contributed by atoms with Gasteiger partial charge in [-0.3, -0.25) is 0 Å². The fourth-order valence-electron chi connectivity index (χ4n) is 1.31. The second-order valence-corrected chi connectivity index (χ2v) is 4.53. The minimum Gasteiger partial charge on any atom is -0.241 e. The highest BCUT2D eigenvalue weighted by molar-refractivity contribution is 9.09. The van der Waals surface area contributed by atoms with Crippen LogP contribution in [0.1, 0.15) is 17.3 Å². The van der Waals surface area contributed by atoms with Gasteiger partial charge in [0.05, 0.1) is 5.69 Å². The highest BCUT2D eigenvalue weighted by Gasteiger charge is 2.00. The molecular formula is C11H11BrN2. The molecule has 0 aliphatic carbocycles. The number of alkyl halides is 1. The topological polar surface area (TPSA) is 17.8 Å². The van der Waals surface area contributed by atoms with Crippen molar-refractivity contribution in [1.82, 2.24) is 9.78 Å². The van der Waals surface area contributed by atoms with Crippen LogP contribution < -0.4 is 0 Å². The molecule has 0 aliphatic heterocycles. The van der Waals surface area contributed by atoms with Crippen LogP contribution in [0.3, 0.4) is 0 Å². The van der Waals surface area contributed by atoms with Crippen molar-refractivity contribution in [2.75, 3.05) is 0 Å². The molecule has 14 heavy (non-hydrogen) atoms. The first-order valence-corrected chi connectivity index (χ1v) is 5.43. The zero-order valence-corrected chi connectivity index (χ0v) is 9.48. The molecule has 1 atom stereocenters. The predicted molar refractivity (Wildman–Crippen MR) is 60.9 cm³/mol. The molecule has 0 bridgehead atoms. The fraction of sp³-hybridized carbons (Fsp3) is 0.182. The van der Waals surface area contributed by atoms with Gasteiger partial charge in [-0.15, -0.1) is 0 Å². The summed E-state index contributed by atoms with van der Waals surface area (Å²) in [5.74, 6) is 0. The minimum absolute atomic E-state index is 0.397. The van der Waals surface area contributed by atoms with Gasteiger partial charge in [-0.1, -0.05) is 28.1 Å². The van der Waals surface area contributed by atoms with E-state index in [1.54, 1.807) is 6.20 Å². The minimum atomic E-state index is 0.397. The van der Waals surface area contributed by atoms with E-state index in [1.165, 1.54) is 5.56 Å². The van der Waals surface area contributed by atoms with Crippen molar-refractivity contribution in [2.24, 2.45) is 0 Å². The van der Waals surface area contributed by atoms with E-state index in [-0.39, 0.29) is 0 Å². The SMILES string of the molecule is CC(Br)c1ccc(-n2cccn2)cc1. The van der Waals surface area contributed by atoms with Crippen LogP contribution in [0.4, 0.5) is 0 Å². The van der Waals surface area contributed by atoms with E-state index < -0.39 is 0 Å². The molecule has 1 unspecified atom stereocenters. The van der Waals surface area contributed by atoms with Gasteiger partial charge in [0.1, 0.15) is 0 Å². The first-order valence-electron chi connectivity index (χ1n) is 4.51. The first kappa shape index (κ1) is 9.46. The van der Waals surface area contributed by atoms with Gasteiger partial charge >= 0.3 is 0 Å². The number of rotatable bonds is 2. The van der Waals surface area contributed by atoms with Gasteiger partial charge in [-0.2, -0.15) is 5.10 Å². The molecule has 0 radical (unpaired) electrons. The van der Waals surface area contributed by atoms with Crippen LogP contribution in [-0.4, -0.2) is 9.78 Å². The molecule has 0 saturated heterocycles. The maximum atomic E-state index is 4.17. The van der Waals surface area contributed by atoms with Crippen LogP contribution in [0.15, 0.2) is 42.7 Å². The van der Waals surface area contributed by atoms with Crippen molar-refractivity contribution in [2.45, 2.75) is 11.8 Å². The highest BCUT2D eigenvalue weighted by atomic mass is 79.9. The maximum absolute atomic E-state index is 4.17. The highest BCUT2D eigenvalue weighted by Crippen LogP contribution is 2.22. The van der Waals surface area contributed by atoms with E-state index in [1.807, 2.05) is 16.9 Å². The van der Waals surface area contributed by atoms with Crippen LogP contribution in [-0.2, 0) is 0 Å². The van der Waals surface area contributed by atoms with Crippen LogP contribution >= 0.6 is 15.9 Å². The fourth-order valence-corrected chi connectivity index (χ4v) is 1.62. The van der Waals surface area contributed by atoms with E-state index in [2.05, 4.69) is 52.2 Å². The Hall–Kier alpha value is -1.09. The zero-order chi connectivity index (χ0) is 9.97. The molecule has 2 nitrogen and oxygen atoms in total. The lowest BCUT2D eigenvalue weighted by atomic mass is 10.1. The molecular weight excluding hydrogens is 240 g/mol. The number of nitrogens with zero attached hydrogens (tertiary/aromatic N) is 2. The molecule has 2 aromatic rings. The Morgan fingerprint density at radius 3 is 2.50 bits per heavy atom. The predicted octanol–water partition coefficient (Wildman–Crippen LogP) is 3.33. The van der Waals surface area contributed by atoms with Crippen molar-refractivity contribution >= 4 is 15.9 Å². The lowest BCUT2D eigenvalue weighted by Crippen LogP contribution is -1.94. The molecule has 0 fully saturated rings. The van der Waals surface area contributed by atoms with E-state index in [0.29, 0.717) is 4.83 Å². The van der Waals surface area contributed by atoms with Gasteiger partial charge in [0, 0.05) is 17.2 Å². The smallest absolute Gasteiger partial charge is 0.0645 e. The van der Waals surface area contributed by atoms with Gasteiger partial charge in [0.25, 0.3) is 0 Å². The van der Waals surface area contributed by atoms with E-state index >= 15 is 0 Å². The zero-order valence-electron chi connectivity index (χ0n) is 7.89. The molecule has 1 heterocycles. The summed E-state index contributed by atoms with van der Waals surface area (Å²) in [6.07, 6.45) is 3.72. The standard InChI is InChI=1S/C11H11BrN2/c1-9(12)10-3-5-11(6-4-10)14-8-2-7-13-14/h2-9H,1H3. The van der Waals surface area contributed by atoms with Crippen LogP contribution in [0.2, 0.25) is 0 Å². The molecule has 0 amide bonds. The van der Waals surface area contributed by atoms with E-state index in [4.69, 9.17) is 0 Å². The molecule has 1 aromatic heterocycles. The van der Waals surface area contributed by atoms with Crippen LogP contribution in [0.5, 0.6) is 0 Å². The second-order valence-electron chi connectivity index (χ2n) is 3.16. The molecule has 0 spiro atoms. The Bertz CT molecular complexity index is 390. The summed E-state index contributed by atoms with van der Waals surface area (Å²) in [4.78, 5) is 0.397. The maximum Gasteiger partial charge on any atom is 0.0645 e. The van der Waals surface area contributed by atoms with Crippen molar-refractivity contribution in [1.29, 1.82) is 0 Å². The summed E-state index contributed by atoms with van der Waals surface area (Å²) in [7, 11) is 0. The van der Waals surface area contributed by atoms with Gasteiger partial charge in [-0.05, 0) is 30.7 Å². The number of aromatic nitrogens is 2. The number of hydrogen-bond acceptors (Lipinski definition) is 1. The summed E-state index contributed by atoms with van der Waals surface area (Å²) >= 11 is 3.53.